The smallest absolute Gasteiger partial charge is 0.411 e. The van der Waals surface area contributed by atoms with Crippen LogP contribution in [-0.4, -0.2) is 43.9 Å². The van der Waals surface area contributed by atoms with Crippen LogP contribution in [0.5, 0.6) is 0 Å². The number of carbonyl (C=O) groups is 1. The van der Waals surface area contributed by atoms with Crippen LogP contribution in [0.15, 0.2) is 40.8 Å². The van der Waals surface area contributed by atoms with Gasteiger partial charge in [-0.2, -0.15) is 13.2 Å². The minimum absolute atomic E-state index is 0.0973. The number of alkyl halides is 3. The quantitative estimate of drug-likeness (QED) is 0.593. The van der Waals surface area contributed by atoms with Gasteiger partial charge in [0.05, 0.1) is 11.2 Å². The molecular formula is C22H19F4N3O3. The Morgan fingerprint density at radius 2 is 1.66 bits per heavy atom. The molecule has 1 atom stereocenters. The van der Waals surface area contributed by atoms with E-state index >= 15 is 0 Å². The standard InChI is InChI=1S/C22H19F4N3O3/c1-11-27-28-18(32-11)13-6-4-12(5-7-13)16-15(23)9-8-14-10-29(19(30)17(14)16)20(21(2,3)31)22(24,25)26/h4-9,20,31H,10H2,1-3H3/t20-/m1/s1. The molecule has 1 amide bonds. The maximum absolute atomic E-state index is 14.8. The molecule has 1 aliphatic rings. The summed E-state index contributed by atoms with van der Waals surface area (Å²) >= 11 is 0. The summed E-state index contributed by atoms with van der Waals surface area (Å²) in [5.41, 5.74) is -1.37. The van der Waals surface area contributed by atoms with Gasteiger partial charge in [-0.1, -0.05) is 18.2 Å². The van der Waals surface area contributed by atoms with E-state index < -0.39 is 36.1 Å². The van der Waals surface area contributed by atoms with Crippen molar-refractivity contribution in [2.75, 3.05) is 0 Å². The van der Waals surface area contributed by atoms with E-state index in [1.807, 2.05) is 0 Å². The molecule has 1 aliphatic heterocycles. The zero-order valence-corrected chi connectivity index (χ0v) is 17.4. The van der Waals surface area contributed by atoms with E-state index in [1.165, 1.54) is 18.2 Å². The molecule has 2 aromatic carbocycles. The molecule has 2 heterocycles. The van der Waals surface area contributed by atoms with E-state index in [0.29, 0.717) is 21.9 Å². The summed E-state index contributed by atoms with van der Waals surface area (Å²) in [5.74, 6) is -1.11. The highest BCUT2D eigenvalue weighted by Crippen LogP contribution is 2.41. The Morgan fingerprint density at radius 1 is 1.03 bits per heavy atom. The van der Waals surface area contributed by atoms with E-state index in [2.05, 4.69) is 10.2 Å². The van der Waals surface area contributed by atoms with Crippen LogP contribution in [0.4, 0.5) is 17.6 Å². The van der Waals surface area contributed by atoms with Gasteiger partial charge in [0.25, 0.3) is 5.91 Å². The van der Waals surface area contributed by atoms with Crippen molar-refractivity contribution in [3.8, 4) is 22.6 Å². The van der Waals surface area contributed by atoms with Gasteiger partial charge in [-0.15, -0.1) is 10.2 Å². The first-order valence-corrected chi connectivity index (χ1v) is 9.70. The number of nitrogens with zero attached hydrogens (tertiary/aromatic N) is 3. The van der Waals surface area contributed by atoms with Gasteiger partial charge in [-0.3, -0.25) is 4.79 Å². The van der Waals surface area contributed by atoms with Gasteiger partial charge in [0.15, 0.2) is 6.04 Å². The first-order chi connectivity index (χ1) is 14.9. The third-order valence-electron chi connectivity index (χ3n) is 5.29. The Labute approximate surface area is 180 Å². The molecular weight excluding hydrogens is 430 g/mol. The number of carbonyl (C=O) groups excluding carboxylic acids is 1. The zero-order valence-electron chi connectivity index (χ0n) is 17.4. The molecule has 0 spiro atoms. The van der Waals surface area contributed by atoms with E-state index in [-0.39, 0.29) is 22.6 Å². The summed E-state index contributed by atoms with van der Waals surface area (Å²) in [4.78, 5) is 13.6. The molecule has 10 heteroatoms. The number of aromatic nitrogens is 2. The molecule has 1 N–H and O–H groups in total. The largest absolute Gasteiger partial charge is 0.421 e. The lowest BCUT2D eigenvalue weighted by Crippen LogP contribution is -2.57. The Bertz CT molecular complexity index is 1170. The molecule has 0 saturated heterocycles. The molecule has 3 aromatic rings. The average molecular weight is 449 g/mol. The second-order valence-corrected chi connectivity index (χ2v) is 8.19. The molecule has 4 rings (SSSR count). The SMILES string of the molecule is Cc1nnc(-c2ccc(-c3c(F)ccc4c3C(=O)N([C@H](C(C)(C)O)C(F)(F)F)C4)cc2)o1. The summed E-state index contributed by atoms with van der Waals surface area (Å²) < 4.78 is 61.4. The number of aliphatic hydroxyl groups is 1. The second kappa shape index (κ2) is 7.40. The Morgan fingerprint density at radius 3 is 2.19 bits per heavy atom. The maximum Gasteiger partial charge on any atom is 0.411 e. The van der Waals surface area contributed by atoms with Crippen LogP contribution in [0, 0.1) is 12.7 Å². The molecule has 0 radical (unpaired) electrons. The van der Waals surface area contributed by atoms with Gasteiger partial charge in [-0.05, 0) is 43.2 Å². The number of rotatable bonds is 4. The first kappa shape index (κ1) is 21.9. The van der Waals surface area contributed by atoms with Crippen molar-refractivity contribution in [3.05, 3.63) is 59.2 Å². The normalized spacial score (nSPS) is 15.2. The maximum atomic E-state index is 14.8. The number of hydrogen-bond acceptors (Lipinski definition) is 5. The first-order valence-electron chi connectivity index (χ1n) is 9.70. The Balaban J connectivity index is 1.76. The lowest BCUT2D eigenvalue weighted by Gasteiger charge is -2.37. The van der Waals surface area contributed by atoms with E-state index in [9.17, 15) is 27.5 Å². The third kappa shape index (κ3) is 3.75. The van der Waals surface area contributed by atoms with Crippen molar-refractivity contribution in [3.63, 3.8) is 0 Å². The van der Waals surface area contributed by atoms with Gasteiger partial charge >= 0.3 is 6.18 Å². The molecule has 6 nitrogen and oxygen atoms in total. The fourth-order valence-electron chi connectivity index (χ4n) is 4.04. The van der Waals surface area contributed by atoms with Crippen LogP contribution in [0.3, 0.4) is 0 Å². The third-order valence-corrected chi connectivity index (χ3v) is 5.29. The average Bonchev–Trinajstić information content (AvgIpc) is 3.24. The Hall–Kier alpha value is -3.27. The van der Waals surface area contributed by atoms with E-state index in [0.717, 1.165) is 19.9 Å². The topological polar surface area (TPSA) is 79.5 Å². The van der Waals surface area contributed by atoms with E-state index in [1.54, 1.807) is 19.1 Å². The molecule has 0 aliphatic carbocycles. The monoisotopic (exact) mass is 449 g/mol. The van der Waals surface area contributed by atoms with Crippen LogP contribution < -0.4 is 0 Å². The second-order valence-electron chi connectivity index (χ2n) is 8.19. The number of aryl methyl sites for hydroxylation is 1. The van der Waals surface area contributed by atoms with Crippen LogP contribution in [0.2, 0.25) is 0 Å². The van der Waals surface area contributed by atoms with E-state index in [4.69, 9.17) is 4.42 Å². The lowest BCUT2D eigenvalue weighted by molar-refractivity contribution is -0.219. The summed E-state index contributed by atoms with van der Waals surface area (Å²) in [5, 5.41) is 17.8. The number of fused-ring (bicyclic) bond motifs is 1. The van der Waals surface area contributed by atoms with Gasteiger partial charge in [0, 0.05) is 24.6 Å². The highest BCUT2D eigenvalue weighted by Gasteiger charge is 2.55. The molecule has 1 aromatic heterocycles. The lowest BCUT2D eigenvalue weighted by atomic mass is 9.95. The molecule has 32 heavy (non-hydrogen) atoms. The Kier molecular flexibility index (Phi) is 5.08. The molecule has 0 saturated carbocycles. The summed E-state index contributed by atoms with van der Waals surface area (Å²) in [6.07, 6.45) is -4.88. The molecule has 0 bridgehead atoms. The number of halogens is 4. The fourth-order valence-corrected chi connectivity index (χ4v) is 4.04. The van der Waals surface area contributed by atoms with Gasteiger partial charge in [-0.25, -0.2) is 4.39 Å². The van der Waals surface area contributed by atoms with Crippen molar-refractivity contribution < 1.29 is 31.9 Å². The van der Waals surface area contributed by atoms with Crippen molar-refractivity contribution in [2.24, 2.45) is 0 Å². The van der Waals surface area contributed by atoms with Crippen LogP contribution in [-0.2, 0) is 6.54 Å². The number of hydrogen-bond donors (Lipinski definition) is 1. The van der Waals surface area contributed by atoms with Crippen LogP contribution >= 0.6 is 0 Å². The predicted octanol–water partition coefficient (Wildman–Crippen LogP) is 4.51. The summed E-state index contributed by atoms with van der Waals surface area (Å²) in [6, 6.07) is 6.20. The van der Waals surface area contributed by atoms with Crippen molar-refractivity contribution in [1.82, 2.24) is 15.1 Å². The summed E-state index contributed by atoms with van der Waals surface area (Å²) in [7, 11) is 0. The highest BCUT2D eigenvalue weighted by molar-refractivity contribution is 6.05. The van der Waals surface area contributed by atoms with Crippen molar-refractivity contribution in [2.45, 2.75) is 45.1 Å². The predicted molar refractivity (Wildman–Crippen MR) is 106 cm³/mol. The number of amides is 1. The van der Waals surface area contributed by atoms with Crippen LogP contribution in [0.1, 0.15) is 35.7 Å². The van der Waals surface area contributed by atoms with Gasteiger partial charge in [0.2, 0.25) is 11.8 Å². The van der Waals surface area contributed by atoms with Crippen molar-refractivity contribution in [1.29, 1.82) is 0 Å². The van der Waals surface area contributed by atoms with Gasteiger partial charge < -0.3 is 14.4 Å². The molecule has 0 unspecified atom stereocenters. The zero-order chi connectivity index (χ0) is 23.4. The molecule has 168 valence electrons. The molecule has 0 fully saturated rings. The van der Waals surface area contributed by atoms with Crippen molar-refractivity contribution >= 4 is 5.91 Å². The number of benzene rings is 2. The highest BCUT2D eigenvalue weighted by atomic mass is 19.4. The minimum atomic E-state index is -4.88. The van der Waals surface area contributed by atoms with Crippen LogP contribution in [0.25, 0.3) is 22.6 Å². The van der Waals surface area contributed by atoms with Gasteiger partial charge in [0.1, 0.15) is 5.82 Å². The summed E-state index contributed by atoms with van der Waals surface area (Å²) in [6.45, 7) is 3.21. The minimum Gasteiger partial charge on any atom is -0.421 e. The fraction of sp³-hybridized carbons (Fsp3) is 0.318.